The van der Waals surface area contributed by atoms with Gasteiger partial charge in [-0.2, -0.15) is 13.2 Å². The van der Waals surface area contributed by atoms with Gasteiger partial charge in [0.05, 0.1) is 0 Å². The van der Waals surface area contributed by atoms with E-state index in [-0.39, 0.29) is 5.76 Å². The zero-order valence-electron chi connectivity index (χ0n) is 5.70. The molecule has 62 valence electrons. The summed E-state index contributed by atoms with van der Waals surface area (Å²) in [6.45, 7) is 1.25. The van der Waals surface area contributed by atoms with Gasteiger partial charge < -0.3 is 10.1 Å². The van der Waals surface area contributed by atoms with E-state index in [9.17, 15) is 13.2 Å². The van der Waals surface area contributed by atoms with Crippen LogP contribution in [0.2, 0.25) is 0 Å². The van der Waals surface area contributed by atoms with E-state index in [1.54, 1.807) is 0 Å². The van der Waals surface area contributed by atoms with Crippen molar-refractivity contribution in [1.82, 2.24) is 5.32 Å². The van der Waals surface area contributed by atoms with Gasteiger partial charge in [0.2, 0.25) is 0 Å². The second kappa shape index (κ2) is 2.48. The molecule has 0 spiro atoms. The minimum atomic E-state index is -4.37. The molecule has 0 atom stereocenters. The van der Waals surface area contributed by atoms with Crippen molar-refractivity contribution in [3.63, 3.8) is 0 Å². The van der Waals surface area contributed by atoms with Crippen LogP contribution < -0.4 is 5.32 Å². The lowest BCUT2D eigenvalue weighted by molar-refractivity contribution is -0.0993. The van der Waals surface area contributed by atoms with E-state index in [1.807, 2.05) is 0 Å². The van der Waals surface area contributed by atoms with Gasteiger partial charge in [-0.25, -0.2) is 0 Å². The molecule has 0 unspecified atom stereocenters. The highest BCUT2D eigenvalue weighted by Gasteiger charge is 2.36. The van der Waals surface area contributed by atoms with Gasteiger partial charge in [-0.1, -0.05) is 0 Å². The van der Waals surface area contributed by atoms with E-state index < -0.39 is 11.9 Å². The van der Waals surface area contributed by atoms with Crippen molar-refractivity contribution in [2.45, 2.75) is 13.1 Å². The Kier molecular flexibility index (Phi) is 1.80. The van der Waals surface area contributed by atoms with E-state index in [0.29, 0.717) is 0 Å². The molecule has 0 saturated carbocycles. The molecule has 1 heterocycles. The van der Waals surface area contributed by atoms with Gasteiger partial charge in [-0.05, 0) is 6.92 Å². The Morgan fingerprint density at radius 3 is 2.45 bits per heavy atom. The summed E-state index contributed by atoms with van der Waals surface area (Å²) in [5, 5.41) is 2.06. The van der Waals surface area contributed by atoms with Crippen LogP contribution in [-0.4, -0.2) is 6.18 Å². The van der Waals surface area contributed by atoms with Gasteiger partial charge in [0, 0.05) is 6.20 Å². The summed E-state index contributed by atoms with van der Waals surface area (Å²) in [7, 11) is 0. The number of alkyl halides is 3. The average Bonchev–Trinajstić information content (AvgIpc) is 1.86. The first-order valence-electron chi connectivity index (χ1n) is 2.88. The normalized spacial score (nSPS) is 17.8. The van der Waals surface area contributed by atoms with Gasteiger partial charge in [0.15, 0.2) is 5.70 Å². The fourth-order valence-corrected chi connectivity index (χ4v) is 0.695. The van der Waals surface area contributed by atoms with Gasteiger partial charge in [0.25, 0.3) is 0 Å². The van der Waals surface area contributed by atoms with Gasteiger partial charge in [-0.15, -0.1) is 0 Å². The first kappa shape index (κ1) is 7.97. The van der Waals surface area contributed by atoms with Crippen molar-refractivity contribution >= 4 is 0 Å². The van der Waals surface area contributed by atoms with Gasteiger partial charge in [0.1, 0.15) is 12.0 Å². The maximum absolute atomic E-state index is 12.0. The standard InChI is InChI=1S/C6H6F3NO/c1-4-5(6(7,8)9)10-2-3-11-4/h2-3,10H,1H3. The Hall–Kier alpha value is -1.13. The third kappa shape index (κ3) is 1.66. The Balaban J connectivity index is 2.85. The SMILES string of the molecule is CC1=C(C(F)(F)F)NC=CO1. The summed E-state index contributed by atoms with van der Waals surface area (Å²) in [4.78, 5) is 0. The second-order valence-corrected chi connectivity index (χ2v) is 1.99. The largest absolute Gasteiger partial charge is 0.466 e. The lowest BCUT2D eigenvalue weighted by Crippen LogP contribution is -2.26. The lowest BCUT2D eigenvalue weighted by Gasteiger charge is -2.17. The molecule has 5 heteroatoms. The van der Waals surface area contributed by atoms with E-state index in [0.717, 1.165) is 12.5 Å². The van der Waals surface area contributed by atoms with Crippen LogP contribution in [0, 0.1) is 0 Å². The van der Waals surface area contributed by atoms with Crippen LogP contribution in [0.1, 0.15) is 6.92 Å². The smallest absolute Gasteiger partial charge is 0.434 e. The fraction of sp³-hybridized carbons (Fsp3) is 0.333. The summed E-state index contributed by atoms with van der Waals surface area (Å²) < 4.78 is 40.4. The number of allylic oxidation sites excluding steroid dienone is 2. The first-order chi connectivity index (χ1) is 5.02. The predicted molar refractivity (Wildman–Crippen MR) is 32.1 cm³/mol. The molecule has 0 saturated heterocycles. The second-order valence-electron chi connectivity index (χ2n) is 1.99. The highest BCUT2D eigenvalue weighted by molar-refractivity contribution is 5.16. The molecule has 0 aliphatic carbocycles. The van der Waals surface area contributed by atoms with Crippen LogP contribution in [-0.2, 0) is 4.74 Å². The molecule has 0 aromatic rings. The molecule has 11 heavy (non-hydrogen) atoms. The maximum atomic E-state index is 12.0. The molecule has 1 N–H and O–H groups in total. The number of ether oxygens (including phenoxy) is 1. The summed E-state index contributed by atoms with van der Waals surface area (Å²) in [6.07, 6.45) is -2.12. The fourth-order valence-electron chi connectivity index (χ4n) is 0.695. The molecular weight excluding hydrogens is 159 g/mol. The van der Waals surface area contributed by atoms with Crippen molar-refractivity contribution in [1.29, 1.82) is 0 Å². The topological polar surface area (TPSA) is 21.3 Å². The van der Waals surface area contributed by atoms with Crippen molar-refractivity contribution < 1.29 is 17.9 Å². The van der Waals surface area contributed by atoms with E-state index >= 15 is 0 Å². The molecule has 1 aliphatic heterocycles. The molecule has 0 radical (unpaired) electrons. The molecule has 0 fully saturated rings. The van der Waals surface area contributed by atoms with Crippen LogP contribution >= 0.6 is 0 Å². The van der Waals surface area contributed by atoms with Crippen molar-refractivity contribution in [3.8, 4) is 0 Å². The quantitative estimate of drug-likeness (QED) is 0.591. The predicted octanol–water partition coefficient (Wildman–Crippen LogP) is 1.87. The Labute approximate surface area is 61.3 Å². The van der Waals surface area contributed by atoms with Crippen molar-refractivity contribution in [2.24, 2.45) is 0 Å². The van der Waals surface area contributed by atoms with E-state index in [4.69, 9.17) is 0 Å². The Bertz CT molecular complexity index is 216. The van der Waals surface area contributed by atoms with Crippen molar-refractivity contribution in [3.05, 3.63) is 23.9 Å². The molecule has 0 amide bonds. The highest BCUT2D eigenvalue weighted by Crippen LogP contribution is 2.27. The summed E-state index contributed by atoms with van der Waals surface area (Å²) in [5.74, 6) is -0.167. The first-order valence-corrected chi connectivity index (χ1v) is 2.88. The zero-order valence-corrected chi connectivity index (χ0v) is 5.70. The zero-order chi connectivity index (χ0) is 8.48. The van der Waals surface area contributed by atoms with Crippen LogP contribution in [0.5, 0.6) is 0 Å². The summed E-state index contributed by atoms with van der Waals surface area (Å²) in [6, 6.07) is 0. The molecule has 2 nitrogen and oxygen atoms in total. The Morgan fingerprint density at radius 1 is 1.45 bits per heavy atom. The minimum Gasteiger partial charge on any atom is -0.466 e. The third-order valence-electron chi connectivity index (χ3n) is 1.18. The van der Waals surface area contributed by atoms with Crippen LogP contribution in [0.4, 0.5) is 13.2 Å². The van der Waals surface area contributed by atoms with Crippen LogP contribution in [0.15, 0.2) is 23.9 Å². The number of nitrogens with one attached hydrogen (secondary N) is 1. The summed E-state index contributed by atoms with van der Waals surface area (Å²) >= 11 is 0. The van der Waals surface area contributed by atoms with Crippen LogP contribution in [0.3, 0.4) is 0 Å². The van der Waals surface area contributed by atoms with Crippen molar-refractivity contribution in [2.75, 3.05) is 0 Å². The molecule has 0 aromatic carbocycles. The molecule has 1 rings (SSSR count). The molecule has 1 aliphatic rings. The Morgan fingerprint density at radius 2 is 2.09 bits per heavy atom. The molecule has 0 aromatic heterocycles. The van der Waals surface area contributed by atoms with E-state index in [1.165, 1.54) is 6.92 Å². The monoisotopic (exact) mass is 165 g/mol. The minimum absolute atomic E-state index is 0.167. The highest BCUT2D eigenvalue weighted by atomic mass is 19.4. The lowest BCUT2D eigenvalue weighted by atomic mass is 10.3. The number of rotatable bonds is 0. The number of hydrogen-bond acceptors (Lipinski definition) is 2. The number of hydrogen-bond donors (Lipinski definition) is 1. The van der Waals surface area contributed by atoms with E-state index in [2.05, 4.69) is 10.1 Å². The van der Waals surface area contributed by atoms with Gasteiger partial charge in [-0.3, -0.25) is 0 Å². The number of halogens is 3. The average molecular weight is 165 g/mol. The summed E-state index contributed by atoms with van der Waals surface area (Å²) in [5.41, 5.74) is -0.847. The molecular formula is C6H6F3NO. The molecule has 0 bridgehead atoms. The third-order valence-corrected chi connectivity index (χ3v) is 1.18. The maximum Gasteiger partial charge on any atom is 0.434 e. The van der Waals surface area contributed by atoms with Crippen LogP contribution in [0.25, 0.3) is 0 Å². The van der Waals surface area contributed by atoms with Gasteiger partial charge >= 0.3 is 6.18 Å².